The van der Waals surface area contributed by atoms with Gasteiger partial charge < -0.3 is 15.4 Å². The number of benzene rings is 2. The molecule has 0 aliphatic carbocycles. The van der Waals surface area contributed by atoms with Gasteiger partial charge in [0, 0.05) is 19.3 Å². The summed E-state index contributed by atoms with van der Waals surface area (Å²) >= 11 is 0. The van der Waals surface area contributed by atoms with Crippen molar-refractivity contribution in [1.29, 1.82) is 0 Å². The van der Waals surface area contributed by atoms with E-state index in [1.54, 1.807) is 7.11 Å². The van der Waals surface area contributed by atoms with Gasteiger partial charge in [0.1, 0.15) is 11.6 Å². The number of hydrogen-bond acceptors (Lipinski definition) is 4. The molecule has 0 saturated heterocycles. The molecule has 0 fully saturated rings. The highest BCUT2D eigenvalue weighted by Gasteiger charge is 2.11. The topological polar surface area (TPSA) is 79.8 Å². The molecule has 0 radical (unpaired) electrons. The lowest BCUT2D eigenvalue weighted by Gasteiger charge is -2.16. The van der Waals surface area contributed by atoms with E-state index in [1.807, 2.05) is 19.1 Å². The molecule has 0 aliphatic heterocycles. The van der Waals surface area contributed by atoms with Crippen LogP contribution < -0.4 is 15.4 Å². The third kappa shape index (κ3) is 8.57. The van der Waals surface area contributed by atoms with Crippen molar-refractivity contribution in [2.24, 2.45) is 4.99 Å². The fourth-order valence-electron chi connectivity index (χ4n) is 3.18. The number of aliphatic imine (C=N–C) groups is 1. The quantitative estimate of drug-likeness (QED) is 0.428. The Morgan fingerprint density at radius 1 is 1.13 bits per heavy atom. The van der Waals surface area contributed by atoms with E-state index in [-0.39, 0.29) is 12.3 Å². The van der Waals surface area contributed by atoms with E-state index in [2.05, 4.69) is 34.7 Å². The zero-order chi connectivity index (χ0) is 22.9. The van der Waals surface area contributed by atoms with Crippen molar-refractivity contribution in [1.82, 2.24) is 10.6 Å². The van der Waals surface area contributed by atoms with E-state index in [0.29, 0.717) is 36.1 Å². The summed E-state index contributed by atoms with van der Waals surface area (Å²) < 4.78 is 42.3. The summed E-state index contributed by atoms with van der Waals surface area (Å²) in [5, 5.41) is 6.47. The van der Waals surface area contributed by atoms with Gasteiger partial charge in [0.25, 0.3) is 0 Å². The Balaban J connectivity index is 2.01. The standard InChI is InChI=1S/C23H32FN3O3S/c1-5-25-23(26-13-12-17(2)18-7-10-22(30-3)11-8-18)27-15-20-14-21(24)9-6-19(20)16-31(4,28)29/h6-11,14,17H,5,12-13,15-16H2,1-4H3,(H2,25,26,27). The summed E-state index contributed by atoms with van der Waals surface area (Å²) in [7, 11) is -1.58. The van der Waals surface area contributed by atoms with Crippen LogP contribution >= 0.6 is 0 Å². The predicted octanol–water partition coefficient (Wildman–Crippen LogP) is 3.63. The second-order valence-corrected chi connectivity index (χ2v) is 9.71. The third-order valence-corrected chi connectivity index (χ3v) is 5.73. The first kappa shape index (κ1) is 24.7. The van der Waals surface area contributed by atoms with Crippen molar-refractivity contribution in [3.05, 3.63) is 65.0 Å². The Bertz CT molecular complexity index is 976. The number of rotatable bonds is 10. The number of halogens is 1. The van der Waals surface area contributed by atoms with Crippen molar-refractivity contribution < 1.29 is 17.5 Å². The van der Waals surface area contributed by atoms with Crippen LogP contribution in [0.2, 0.25) is 0 Å². The summed E-state index contributed by atoms with van der Waals surface area (Å²) in [6.45, 7) is 5.70. The molecular formula is C23H32FN3O3S. The van der Waals surface area contributed by atoms with Gasteiger partial charge in [-0.2, -0.15) is 0 Å². The minimum atomic E-state index is -3.23. The average Bonchev–Trinajstić information content (AvgIpc) is 2.72. The molecule has 1 atom stereocenters. The minimum Gasteiger partial charge on any atom is -0.497 e. The Kier molecular flexibility index (Phi) is 9.30. The van der Waals surface area contributed by atoms with Crippen LogP contribution in [0.15, 0.2) is 47.5 Å². The summed E-state index contributed by atoms with van der Waals surface area (Å²) in [6.07, 6.45) is 2.06. The van der Waals surface area contributed by atoms with Gasteiger partial charge in [-0.15, -0.1) is 0 Å². The van der Waals surface area contributed by atoms with Crippen LogP contribution in [0, 0.1) is 5.82 Å². The van der Waals surface area contributed by atoms with Gasteiger partial charge in [-0.25, -0.2) is 17.8 Å². The molecule has 0 bridgehead atoms. The highest BCUT2D eigenvalue weighted by atomic mass is 32.2. The van der Waals surface area contributed by atoms with Crippen molar-refractivity contribution in [2.75, 3.05) is 26.5 Å². The Morgan fingerprint density at radius 2 is 1.84 bits per heavy atom. The van der Waals surface area contributed by atoms with Gasteiger partial charge in [0.2, 0.25) is 0 Å². The van der Waals surface area contributed by atoms with Crippen LogP contribution in [0.3, 0.4) is 0 Å². The van der Waals surface area contributed by atoms with Crippen LogP contribution in [-0.2, 0) is 22.1 Å². The maximum absolute atomic E-state index is 13.7. The first-order valence-corrected chi connectivity index (χ1v) is 12.4. The summed E-state index contributed by atoms with van der Waals surface area (Å²) in [5.74, 6) is 1.25. The molecule has 0 aromatic heterocycles. The van der Waals surface area contributed by atoms with E-state index >= 15 is 0 Å². The van der Waals surface area contributed by atoms with Crippen molar-refractivity contribution in [3.63, 3.8) is 0 Å². The SMILES string of the molecule is CCNC(=NCc1cc(F)ccc1CS(C)(=O)=O)NCCC(C)c1ccc(OC)cc1. The maximum atomic E-state index is 13.7. The number of nitrogens with zero attached hydrogens (tertiary/aromatic N) is 1. The van der Waals surface area contributed by atoms with Crippen molar-refractivity contribution in [3.8, 4) is 5.75 Å². The fraction of sp³-hybridized carbons (Fsp3) is 0.435. The van der Waals surface area contributed by atoms with Gasteiger partial charge in [0.05, 0.1) is 19.4 Å². The normalized spacial score (nSPS) is 13.0. The predicted molar refractivity (Wildman–Crippen MR) is 124 cm³/mol. The van der Waals surface area contributed by atoms with Crippen LogP contribution in [0.25, 0.3) is 0 Å². The van der Waals surface area contributed by atoms with Crippen molar-refractivity contribution >= 4 is 15.8 Å². The number of ether oxygens (including phenoxy) is 1. The molecule has 2 aromatic rings. The molecule has 0 heterocycles. The summed E-state index contributed by atoms with van der Waals surface area (Å²) in [5.41, 5.74) is 2.36. The molecular weight excluding hydrogens is 417 g/mol. The van der Waals surface area contributed by atoms with Gasteiger partial charge in [-0.1, -0.05) is 25.1 Å². The lowest BCUT2D eigenvalue weighted by atomic mass is 9.98. The molecule has 1 unspecified atom stereocenters. The number of nitrogens with one attached hydrogen (secondary N) is 2. The molecule has 2 N–H and O–H groups in total. The third-order valence-electron chi connectivity index (χ3n) is 4.89. The average molecular weight is 450 g/mol. The first-order chi connectivity index (χ1) is 14.7. The van der Waals surface area contributed by atoms with E-state index in [0.717, 1.165) is 12.2 Å². The van der Waals surface area contributed by atoms with E-state index in [9.17, 15) is 12.8 Å². The first-order valence-electron chi connectivity index (χ1n) is 10.3. The Hall–Kier alpha value is -2.61. The highest BCUT2D eigenvalue weighted by molar-refractivity contribution is 7.89. The van der Waals surface area contributed by atoms with Crippen LogP contribution in [0.4, 0.5) is 4.39 Å². The molecule has 0 spiro atoms. The smallest absolute Gasteiger partial charge is 0.191 e. The Morgan fingerprint density at radius 3 is 2.45 bits per heavy atom. The van der Waals surface area contributed by atoms with E-state index in [1.165, 1.54) is 30.0 Å². The highest BCUT2D eigenvalue weighted by Crippen LogP contribution is 2.21. The molecule has 170 valence electrons. The fourth-order valence-corrected chi connectivity index (χ4v) is 4.02. The van der Waals surface area contributed by atoms with Gasteiger partial charge >= 0.3 is 0 Å². The summed E-state index contributed by atoms with van der Waals surface area (Å²) in [6, 6.07) is 12.2. The van der Waals surface area contributed by atoms with Gasteiger partial charge in [0.15, 0.2) is 15.8 Å². The maximum Gasteiger partial charge on any atom is 0.191 e. The molecule has 0 aliphatic rings. The van der Waals surface area contributed by atoms with Gasteiger partial charge in [-0.05, 0) is 60.2 Å². The largest absolute Gasteiger partial charge is 0.497 e. The second-order valence-electron chi connectivity index (χ2n) is 7.57. The van der Waals surface area contributed by atoms with Gasteiger partial charge in [-0.3, -0.25) is 0 Å². The number of hydrogen-bond donors (Lipinski definition) is 2. The second kappa shape index (κ2) is 11.7. The molecule has 0 saturated carbocycles. The molecule has 0 amide bonds. The van der Waals surface area contributed by atoms with Crippen molar-refractivity contribution in [2.45, 2.75) is 38.5 Å². The lowest BCUT2D eigenvalue weighted by Crippen LogP contribution is -2.38. The monoisotopic (exact) mass is 449 g/mol. The number of methoxy groups -OCH3 is 1. The molecule has 8 heteroatoms. The van der Waals surface area contributed by atoms with E-state index in [4.69, 9.17) is 4.74 Å². The zero-order valence-corrected chi connectivity index (χ0v) is 19.4. The number of guanidine groups is 1. The number of sulfone groups is 1. The molecule has 31 heavy (non-hydrogen) atoms. The zero-order valence-electron chi connectivity index (χ0n) is 18.6. The van der Waals surface area contributed by atoms with Crippen LogP contribution in [0.1, 0.15) is 42.9 Å². The molecule has 2 rings (SSSR count). The summed E-state index contributed by atoms with van der Waals surface area (Å²) in [4.78, 5) is 4.52. The van der Waals surface area contributed by atoms with Crippen LogP contribution in [-0.4, -0.2) is 40.8 Å². The Labute approximate surface area is 184 Å². The lowest BCUT2D eigenvalue weighted by molar-refractivity contribution is 0.414. The van der Waals surface area contributed by atoms with Crippen LogP contribution in [0.5, 0.6) is 5.75 Å². The molecule has 2 aromatic carbocycles. The minimum absolute atomic E-state index is 0.137. The molecule has 6 nitrogen and oxygen atoms in total. The van der Waals surface area contributed by atoms with E-state index < -0.39 is 15.7 Å².